The molecule has 4 nitrogen and oxygen atoms in total. The Morgan fingerprint density at radius 1 is 0.826 bits per heavy atom. The molecule has 0 bridgehead atoms. The first-order valence-corrected chi connectivity index (χ1v) is 14.1. The van der Waals surface area contributed by atoms with Gasteiger partial charge in [0.05, 0.1) is 6.17 Å². The first-order chi connectivity index (χ1) is 10.6. The molecule has 0 aromatic rings. The Kier molecular flexibility index (Phi) is 10.4. The van der Waals surface area contributed by atoms with E-state index in [1.165, 1.54) is 12.8 Å². The molecule has 0 atom stereocenters. The molecule has 23 heavy (non-hydrogen) atoms. The van der Waals surface area contributed by atoms with Crippen LogP contribution in [0.25, 0.3) is 0 Å². The van der Waals surface area contributed by atoms with Gasteiger partial charge in [0.15, 0.2) is 0 Å². The molecule has 0 rings (SSSR count). The topological polar surface area (TPSA) is 30.9 Å². The van der Waals surface area contributed by atoms with E-state index in [1.54, 1.807) is 0 Å². The summed E-state index contributed by atoms with van der Waals surface area (Å²) in [5, 5.41) is 0.297. The summed E-state index contributed by atoms with van der Waals surface area (Å²) in [6, 6.07) is 0. The highest BCUT2D eigenvalue weighted by atomic mass is 28.4. The summed E-state index contributed by atoms with van der Waals surface area (Å²) in [6.07, 6.45) is 3.23. The SMILES string of the molecule is CCCCN(C[Si](OCC)(OCC)OCC)[Si](C)(C)C(C)(C)C. The zero-order chi connectivity index (χ0) is 18.1. The van der Waals surface area contributed by atoms with Crippen molar-refractivity contribution in [3.63, 3.8) is 0 Å². The average molecular weight is 364 g/mol. The standard InChI is InChI=1S/C17H41NO3Si2/c1-10-14-15-18(22(8,9)17(5,6)7)16-23(19-11-2,20-12-3)21-13-4/h10-16H2,1-9H3. The van der Waals surface area contributed by atoms with Gasteiger partial charge in [-0.05, 0) is 38.8 Å². The van der Waals surface area contributed by atoms with Gasteiger partial charge in [-0.25, -0.2) is 0 Å². The summed E-state index contributed by atoms with van der Waals surface area (Å²) in [6.45, 7) is 23.4. The number of unbranched alkanes of at least 4 members (excludes halogenated alkanes) is 1. The molecule has 0 heterocycles. The van der Waals surface area contributed by atoms with Crippen molar-refractivity contribution in [2.75, 3.05) is 32.5 Å². The summed E-state index contributed by atoms with van der Waals surface area (Å²) in [5.74, 6) is 0. The molecule has 0 N–H and O–H groups in total. The summed E-state index contributed by atoms with van der Waals surface area (Å²) in [5.41, 5.74) is 0. The summed E-state index contributed by atoms with van der Waals surface area (Å²) < 4.78 is 21.0. The first kappa shape index (κ1) is 23.3. The van der Waals surface area contributed by atoms with Crippen LogP contribution in [0, 0.1) is 0 Å². The van der Waals surface area contributed by atoms with Gasteiger partial charge in [0.1, 0.15) is 8.24 Å². The van der Waals surface area contributed by atoms with E-state index >= 15 is 0 Å². The molecule has 0 aromatic heterocycles. The molecule has 0 aliphatic carbocycles. The predicted octanol–water partition coefficient (Wildman–Crippen LogP) is 4.68. The fraction of sp³-hybridized carbons (Fsp3) is 1.00. The lowest BCUT2D eigenvalue weighted by atomic mass is 10.2. The third kappa shape index (κ3) is 6.96. The zero-order valence-electron chi connectivity index (χ0n) is 17.1. The van der Waals surface area contributed by atoms with E-state index in [-0.39, 0.29) is 0 Å². The molecule has 0 radical (unpaired) electrons. The number of nitrogens with zero attached hydrogens (tertiary/aromatic N) is 1. The largest absolute Gasteiger partial charge is 0.515 e. The van der Waals surface area contributed by atoms with Crippen LogP contribution in [0.4, 0.5) is 0 Å². The molecule has 140 valence electrons. The minimum Gasteiger partial charge on any atom is -0.373 e. The van der Waals surface area contributed by atoms with Crippen molar-refractivity contribution in [1.29, 1.82) is 0 Å². The third-order valence-electron chi connectivity index (χ3n) is 4.88. The lowest BCUT2D eigenvalue weighted by Gasteiger charge is -2.48. The van der Waals surface area contributed by atoms with Gasteiger partial charge in [-0.15, -0.1) is 0 Å². The highest BCUT2D eigenvalue weighted by molar-refractivity contribution is 6.78. The van der Waals surface area contributed by atoms with Crippen molar-refractivity contribution < 1.29 is 13.3 Å². The van der Waals surface area contributed by atoms with Gasteiger partial charge in [-0.3, -0.25) is 0 Å². The highest BCUT2D eigenvalue weighted by Crippen LogP contribution is 2.39. The molecule has 6 heteroatoms. The lowest BCUT2D eigenvalue weighted by Crippen LogP contribution is -2.64. The van der Waals surface area contributed by atoms with Gasteiger partial charge in [0.25, 0.3) is 0 Å². The van der Waals surface area contributed by atoms with E-state index in [0.717, 1.165) is 12.7 Å². The van der Waals surface area contributed by atoms with Crippen molar-refractivity contribution >= 4 is 17.0 Å². The van der Waals surface area contributed by atoms with E-state index in [1.807, 2.05) is 20.8 Å². The number of hydrogen-bond donors (Lipinski definition) is 0. The van der Waals surface area contributed by atoms with Crippen molar-refractivity contribution in [3.8, 4) is 0 Å². The Morgan fingerprint density at radius 3 is 1.57 bits per heavy atom. The van der Waals surface area contributed by atoms with Crippen LogP contribution in [-0.2, 0) is 13.3 Å². The monoisotopic (exact) mass is 363 g/mol. The summed E-state index contributed by atoms with van der Waals surface area (Å²) in [7, 11) is -4.28. The normalized spacial score (nSPS) is 13.8. The second-order valence-corrected chi connectivity index (χ2v) is 15.4. The highest BCUT2D eigenvalue weighted by Gasteiger charge is 2.49. The van der Waals surface area contributed by atoms with Crippen molar-refractivity contribution in [2.24, 2.45) is 0 Å². The molecule has 0 aliphatic rings. The summed E-state index contributed by atoms with van der Waals surface area (Å²) >= 11 is 0. The molecular formula is C17H41NO3Si2. The van der Waals surface area contributed by atoms with Gasteiger partial charge in [0.2, 0.25) is 0 Å². The van der Waals surface area contributed by atoms with Gasteiger partial charge in [-0.1, -0.05) is 47.2 Å². The Morgan fingerprint density at radius 2 is 1.26 bits per heavy atom. The molecule has 0 spiro atoms. The van der Waals surface area contributed by atoms with E-state index in [9.17, 15) is 0 Å². The second-order valence-electron chi connectivity index (χ2n) is 7.57. The Balaban J connectivity index is 5.50. The van der Waals surface area contributed by atoms with Crippen molar-refractivity contribution in [3.05, 3.63) is 0 Å². The van der Waals surface area contributed by atoms with Crippen molar-refractivity contribution in [1.82, 2.24) is 4.57 Å². The summed E-state index contributed by atoms with van der Waals surface area (Å²) in [4.78, 5) is 0. The minimum absolute atomic E-state index is 0.297. The molecule has 0 amide bonds. The van der Waals surface area contributed by atoms with Gasteiger partial charge in [0, 0.05) is 19.8 Å². The van der Waals surface area contributed by atoms with E-state index in [4.69, 9.17) is 13.3 Å². The Bertz CT molecular complexity index is 302. The van der Waals surface area contributed by atoms with Crippen LogP contribution in [0.15, 0.2) is 0 Å². The fourth-order valence-corrected chi connectivity index (χ4v) is 8.83. The molecular weight excluding hydrogens is 322 g/mol. The van der Waals surface area contributed by atoms with Crippen LogP contribution in [0.3, 0.4) is 0 Å². The minimum atomic E-state index is -2.64. The maximum absolute atomic E-state index is 6.10. The molecule has 0 aromatic carbocycles. The molecule has 0 aliphatic heterocycles. The van der Waals surface area contributed by atoms with Gasteiger partial charge < -0.3 is 17.8 Å². The quantitative estimate of drug-likeness (QED) is 0.471. The van der Waals surface area contributed by atoms with E-state index in [0.29, 0.717) is 24.9 Å². The lowest BCUT2D eigenvalue weighted by molar-refractivity contribution is 0.0630. The zero-order valence-corrected chi connectivity index (χ0v) is 19.1. The first-order valence-electron chi connectivity index (χ1n) is 9.27. The molecule has 0 fully saturated rings. The van der Waals surface area contributed by atoms with Gasteiger partial charge in [-0.2, -0.15) is 0 Å². The molecule has 0 unspecified atom stereocenters. The maximum Gasteiger partial charge on any atom is 0.515 e. The Labute approximate surface area is 147 Å². The maximum atomic E-state index is 6.10. The third-order valence-corrected chi connectivity index (χ3v) is 13.8. The van der Waals surface area contributed by atoms with E-state index in [2.05, 4.69) is 45.4 Å². The Hall–Kier alpha value is 0.274. The fourth-order valence-electron chi connectivity index (χ4n) is 2.53. The van der Waals surface area contributed by atoms with Crippen LogP contribution in [-0.4, -0.2) is 54.1 Å². The number of hydrogen-bond acceptors (Lipinski definition) is 4. The van der Waals surface area contributed by atoms with Crippen LogP contribution >= 0.6 is 0 Å². The molecule has 0 saturated carbocycles. The average Bonchev–Trinajstić information content (AvgIpc) is 2.43. The van der Waals surface area contributed by atoms with Crippen LogP contribution in [0.5, 0.6) is 0 Å². The predicted molar refractivity (Wildman–Crippen MR) is 104 cm³/mol. The smallest absolute Gasteiger partial charge is 0.373 e. The van der Waals surface area contributed by atoms with Crippen LogP contribution in [0.1, 0.15) is 61.3 Å². The van der Waals surface area contributed by atoms with Gasteiger partial charge >= 0.3 is 8.80 Å². The second kappa shape index (κ2) is 10.3. The van der Waals surface area contributed by atoms with Crippen LogP contribution < -0.4 is 0 Å². The van der Waals surface area contributed by atoms with Crippen LogP contribution in [0.2, 0.25) is 18.1 Å². The molecule has 0 saturated heterocycles. The number of rotatable bonds is 12. The van der Waals surface area contributed by atoms with Crippen molar-refractivity contribution in [2.45, 2.75) is 79.4 Å². The van der Waals surface area contributed by atoms with E-state index < -0.39 is 17.0 Å².